The van der Waals surface area contributed by atoms with E-state index < -0.39 is 5.41 Å². The Morgan fingerprint density at radius 2 is 1.32 bits per heavy atom. The van der Waals surface area contributed by atoms with Crippen LogP contribution in [0.5, 0.6) is 0 Å². The van der Waals surface area contributed by atoms with Crippen molar-refractivity contribution >= 4 is 11.9 Å². The lowest BCUT2D eigenvalue weighted by molar-refractivity contribution is -0.159. The van der Waals surface area contributed by atoms with E-state index in [1.807, 2.05) is 13.8 Å². The van der Waals surface area contributed by atoms with Gasteiger partial charge in [-0.2, -0.15) is 0 Å². The Balaban J connectivity index is 4.18. The fourth-order valence-electron chi connectivity index (χ4n) is 3.62. The molecule has 0 spiro atoms. The van der Waals surface area contributed by atoms with Gasteiger partial charge in [0.1, 0.15) is 13.2 Å². The van der Waals surface area contributed by atoms with Gasteiger partial charge in [0.05, 0.1) is 17.9 Å². The minimum atomic E-state index is -0.715. The third kappa shape index (κ3) is 14.6. The number of carbonyl (C=O) groups excluding carboxylic acids is 2. The van der Waals surface area contributed by atoms with E-state index in [0.29, 0.717) is 12.8 Å². The number of ether oxygens (including phenoxy) is 2. The highest BCUT2D eigenvalue weighted by atomic mass is 16.5. The molecule has 0 radical (unpaired) electrons. The molecule has 0 aromatic carbocycles. The largest absolute Gasteiger partial charge is 0.465 e. The number of esters is 2. The summed E-state index contributed by atoms with van der Waals surface area (Å²) in [5.41, 5.74) is -0.715. The van der Waals surface area contributed by atoms with Crippen molar-refractivity contribution in [3.63, 3.8) is 0 Å². The van der Waals surface area contributed by atoms with Crippen molar-refractivity contribution in [1.29, 1.82) is 0 Å². The maximum atomic E-state index is 12.4. The van der Waals surface area contributed by atoms with Crippen LogP contribution in [0.15, 0.2) is 0 Å². The minimum Gasteiger partial charge on any atom is -0.465 e. The van der Waals surface area contributed by atoms with Gasteiger partial charge in [-0.05, 0) is 25.7 Å². The van der Waals surface area contributed by atoms with Gasteiger partial charge >= 0.3 is 11.9 Å². The quantitative estimate of drug-likeness (QED) is 0.160. The van der Waals surface area contributed by atoms with Crippen LogP contribution in [0.2, 0.25) is 0 Å². The number of hydrogen-bond acceptors (Lipinski definition) is 5. The Labute approximate surface area is 191 Å². The van der Waals surface area contributed by atoms with Crippen LogP contribution in [0.25, 0.3) is 0 Å². The summed E-state index contributed by atoms with van der Waals surface area (Å²) in [6.07, 6.45) is 15.5. The van der Waals surface area contributed by atoms with Crippen LogP contribution in [0.3, 0.4) is 0 Å². The third-order valence-corrected chi connectivity index (χ3v) is 6.36. The highest BCUT2D eigenvalue weighted by molar-refractivity contribution is 5.72. The van der Waals surface area contributed by atoms with Crippen molar-refractivity contribution in [2.75, 3.05) is 19.8 Å². The SMILES string of the molecule is CCCCCCCCCCCC(=O)OCC(CC)(CO)COC(=O)C(CC)CCCC. The molecule has 31 heavy (non-hydrogen) atoms. The second-order valence-corrected chi connectivity index (χ2v) is 9.11. The third-order valence-electron chi connectivity index (χ3n) is 6.36. The van der Waals surface area contributed by atoms with Gasteiger partial charge in [-0.1, -0.05) is 91.9 Å². The van der Waals surface area contributed by atoms with Gasteiger partial charge in [-0.15, -0.1) is 0 Å². The zero-order valence-corrected chi connectivity index (χ0v) is 20.9. The van der Waals surface area contributed by atoms with Crippen LogP contribution >= 0.6 is 0 Å². The molecule has 0 aromatic rings. The van der Waals surface area contributed by atoms with E-state index in [9.17, 15) is 14.7 Å². The topological polar surface area (TPSA) is 72.8 Å². The van der Waals surface area contributed by atoms with E-state index >= 15 is 0 Å². The molecular weight excluding hydrogens is 392 g/mol. The van der Waals surface area contributed by atoms with Crippen molar-refractivity contribution in [3.05, 3.63) is 0 Å². The Morgan fingerprint density at radius 3 is 1.84 bits per heavy atom. The first-order chi connectivity index (χ1) is 15.0. The number of aliphatic hydroxyl groups is 1. The summed E-state index contributed by atoms with van der Waals surface area (Å²) < 4.78 is 11.0. The Hall–Kier alpha value is -1.10. The molecular formula is C26H50O5. The molecule has 0 aliphatic rings. The zero-order chi connectivity index (χ0) is 23.4. The van der Waals surface area contributed by atoms with Gasteiger partial charge in [-0.25, -0.2) is 0 Å². The molecule has 1 N–H and O–H groups in total. The summed E-state index contributed by atoms with van der Waals surface area (Å²) in [7, 11) is 0. The van der Waals surface area contributed by atoms with Crippen molar-refractivity contribution in [3.8, 4) is 0 Å². The molecule has 2 atom stereocenters. The average Bonchev–Trinajstić information content (AvgIpc) is 2.79. The Kier molecular flexibility index (Phi) is 18.9. The van der Waals surface area contributed by atoms with E-state index in [-0.39, 0.29) is 37.7 Å². The molecule has 5 nitrogen and oxygen atoms in total. The zero-order valence-electron chi connectivity index (χ0n) is 20.9. The van der Waals surface area contributed by atoms with Gasteiger partial charge in [0, 0.05) is 6.42 Å². The lowest BCUT2D eigenvalue weighted by Gasteiger charge is -2.30. The van der Waals surface area contributed by atoms with E-state index in [2.05, 4.69) is 13.8 Å². The molecule has 0 aliphatic heterocycles. The molecule has 0 heterocycles. The molecule has 0 amide bonds. The second kappa shape index (κ2) is 19.6. The molecule has 0 aromatic heterocycles. The maximum absolute atomic E-state index is 12.4. The molecule has 184 valence electrons. The molecule has 0 aliphatic carbocycles. The van der Waals surface area contributed by atoms with Crippen LogP contribution in [0, 0.1) is 11.3 Å². The summed E-state index contributed by atoms with van der Waals surface area (Å²) in [6.45, 7) is 8.26. The van der Waals surface area contributed by atoms with Crippen LogP contribution < -0.4 is 0 Å². The standard InChI is InChI=1S/C26H50O5/c1-5-9-11-12-13-14-15-16-17-19-24(28)30-21-26(8-4,20-27)22-31-25(29)23(7-3)18-10-6-2/h23,27H,5-22H2,1-4H3. The van der Waals surface area contributed by atoms with Crippen LogP contribution in [0.4, 0.5) is 0 Å². The molecule has 2 unspecified atom stereocenters. The van der Waals surface area contributed by atoms with Gasteiger partial charge in [-0.3, -0.25) is 9.59 Å². The minimum absolute atomic E-state index is 0.0900. The van der Waals surface area contributed by atoms with Gasteiger partial charge in [0.25, 0.3) is 0 Å². The maximum Gasteiger partial charge on any atom is 0.308 e. The summed E-state index contributed by atoms with van der Waals surface area (Å²) in [6, 6.07) is 0. The fraction of sp³-hybridized carbons (Fsp3) is 0.923. The highest BCUT2D eigenvalue weighted by Crippen LogP contribution is 2.24. The van der Waals surface area contributed by atoms with Gasteiger partial charge in [0.2, 0.25) is 0 Å². The summed E-state index contributed by atoms with van der Waals surface area (Å²) >= 11 is 0. The number of hydrogen-bond donors (Lipinski definition) is 1. The molecule has 0 bridgehead atoms. The summed E-state index contributed by atoms with van der Waals surface area (Å²) in [4.78, 5) is 24.5. The number of rotatable bonds is 21. The molecule has 0 rings (SSSR count). The van der Waals surface area contributed by atoms with Gasteiger partial charge in [0.15, 0.2) is 0 Å². The predicted octanol–water partition coefficient (Wildman–Crippen LogP) is 6.60. The fourth-order valence-corrected chi connectivity index (χ4v) is 3.62. The normalized spacial score (nSPS) is 14.1. The predicted molar refractivity (Wildman–Crippen MR) is 127 cm³/mol. The Morgan fingerprint density at radius 1 is 0.774 bits per heavy atom. The number of carbonyl (C=O) groups is 2. The summed E-state index contributed by atoms with van der Waals surface area (Å²) in [5, 5.41) is 9.91. The van der Waals surface area contributed by atoms with Crippen LogP contribution in [-0.4, -0.2) is 36.9 Å². The highest BCUT2D eigenvalue weighted by Gasteiger charge is 2.32. The molecule has 5 heteroatoms. The average molecular weight is 443 g/mol. The van der Waals surface area contributed by atoms with E-state index in [0.717, 1.165) is 38.5 Å². The first kappa shape index (κ1) is 29.9. The number of aliphatic hydroxyl groups excluding tert-OH is 1. The monoisotopic (exact) mass is 442 g/mol. The van der Waals surface area contributed by atoms with Gasteiger partial charge < -0.3 is 14.6 Å². The van der Waals surface area contributed by atoms with Crippen LogP contribution in [0.1, 0.15) is 124 Å². The lowest BCUT2D eigenvalue weighted by Crippen LogP contribution is -2.38. The van der Waals surface area contributed by atoms with E-state index in [4.69, 9.17) is 9.47 Å². The van der Waals surface area contributed by atoms with Crippen LogP contribution in [-0.2, 0) is 19.1 Å². The number of unbranched alkanes of at least 4 members (excludes halogenated alkanes) is 9. The second-order valence-electron chi connectivity index (χ2n) is 9.11. The first-order valence-corrected chi connectivity index (χ1v) is 12.9. The molecule has 0 saturated carbocycles. The Bertz CT molecular complexity index is 445. The van der Waals surface area contributed by atoms with Crippen molar-refractivity contribution in [2.45, 2.75) is 124 Å². The first-order valence-electron chi connectivity index (χ1n) is 12.9. The van der Waals surface area contributed by atoms with E-state index in [1.165, 1.54) is 44.9 Å². The lowest BCUT2D eigenvalue weighted by atomic mass is 9.88. The molecule has 0 saturated heterocycles. The van der Waals surface area contributed by atoms with Crippen molar-refractivity contribution in [2.24, 2.45) is 11.3 Å². The smallest absolute Gasteiger partial charge is 0.308 e. The van der Waals surface area contributed by atoms with Crippen molar-refractivity contribution in [1.82, 2.24) is 0 Å². The molecule has 0 fully saturated rings. The van der Waals surface area contributed by atoms with E-state index in [1.54, 1.807) is 0 Å². The summed E-state index contributed by atoms with van der Waals surface area (Å²) in [5.74, 6) is -0.527. The van der Waals surface area contributed by atoms with Crippen molar-refractivity contribution < 1.29 is 24.2 Å².